The molecule has 2 aromatic rings. The fourth-order valence-corrected chi connectivity index (χ4v) is 2.89. The predicted octanol–water partition coefficient (Wildman–Crippen LogP) is 3.83. The highest BCUT2D eigenvalue weighted by molar-refractivity contribution is 9.10. The summed E-state index contributed by atoms with van der Waals surface area (Å²) in [5, 5.41) is 0.446. The Labute approximate surface area is 125 Å². The van der Waals surface area contributed by atoms with Gasteiger partial charge in [0.25, 0.3) is 0 Å². The quantitative estimate of drug-likeness (QED) is 0.861. The van der Waals surface area contributed by atoms with Gasteiger partial charge in [-0.3, -0.25) is 4.79 Å². The van der Waals surface area contributed by atoms with E-state index in [1.807, 2.05) is 30.3 Å². The monoisotopic (exact) mass is 337 g/mol. The number of hydrogen-bond acceptors (Lipinski definition) is 2. The molecule has 4 heteroatoms. The average Bonchev–Trinajstić information content (AvgIpc) is 2.39. The van der Waals surface area contributed by atoms with E-state index in [0.717, 1.165) is 5.56 Å². The molecule has 19 heavy (non-hydrogen) atoms. The first kappa shape index (κ1) is 14.3. The third-order valence-corrected chi connectivity index (χ3v) is 3.84. The highest BCUT2D eigenvalue weighted by Gasteiger charge is 2.18. The Morgan fingerprint density at radius 2 is 1.89 bits per heavy atom. The van der Waals surface area contributed by atoms with E-state index in [-0.39, 0.29) is 5.78 Å². The van der Waals surface area contributed by atoms with Crippen LogP contribution < -0.4 is 5.73 Å². The van der Waals surface area contributed by atoms with Crippen molar-refractivity contribution >= 4 is 33.3 Å². The van der Waals surface area contributed by atoms with Gasteiger partial charge in [-0.25, -0.2) is 0 Å². The topological polar surface area (TPSA) is 43.1 Å². The van der Waals surface area contributed by atoms with Crippen molar-refractivity contribution in [1.82, 2.24) is 0 Å². The molecule has 0 aromatic heterocycles. The summed E-state index contributed by atoms with van der Waals surface area (Å²) in [6.45, 7) is 0.508. The molecule has 2 N–H and O–H groups in total. The van der Waals surface area contributed by atoms with Gasteiger partial charge in [-0.05, 0) is 46.6 Å². The number of halogens is 2. The molecule has 0 aliphatic carbocycles. The Morgan fingerprint density at radius 1 is 1.16 bits per heavy atom. The van der Waals surface area contributed by atoms with Gasteiger partial charge in [0.05, 0.1) is 10.6 Å². The predicted molar refractivity (Wildman–Crippen MR) is 81.8 cm³/mol. The Kier molecular flexibility index (Phi) is 4.75. The number of carbonyl (C=O) groups is 1. The molecular formula is C15H13BrClNO. The Bertz CT molecular complexity index is 593. The fourth-order valence-electron chi connectivity index (χ4n) is 1.96. The average molecular weight is 339 g/mol. The molecule has 0 aliphatic heterocycles. The Balaban J connectivity index is 2.50. The molecular weight excluding hydrogens is 326 g/mol. The van der Waals surface area contributed by atoms with Crippen molar-refractivity contribution in [3.63, 3.8) is 0 Å². The van der Waals surface area contributed by atoms with Gasteiger partial charge >= 0.3 is 0 Å². The van der Waals surface area contributed by atoms with Gasteiger partial charge in [0.15, 0.2) is 5.78 Å². The lowest BCUT2D eigenvalue weighted by atomic mass is 9.96. The molecule has 0 fully saturated rings. The van der Waals surface area contributed by atoms with Crippen LogP contribution in [0.15, 0.2) is 46.9 Å². The van der Waals surface area contributed by atoms with Crippen LogP contribution in [-0.4, -0.2) is 12.3 Å². The van der Waals surface area contributed by atoms with Gasteiger partial charge < -0.3 is 5.73 Å². The molecule has 98 valence electrons. The zero-order valence-electron chi connectivity index (χ0n) is 10.2. The molecule has 0 heterocycles. The van der Waals surface area contributed by atoms with E-state index in [9.17, 15) is 4.79 Å². The molecule has 0 saturated carbocycles. The number of hydrogen-bond donors (Lipinski definition) is 1. The Morgan fingerprint density at radius 3 is 2.58 bits per heavy atom. The lowest BCUT2D eigenvalue weighted by molar-refractivity contribution is 0.103. The van der Waals surface area contributed by atoms with E-state index in [0.29, 0.717) is 33.6 Å². The summed E-state index contributed by atoms with van der Waals surface area (Å²) >= 11 is 9.51. The van der Waals surface area contributed by atoms with Crippen molar-refractivity contribution in [3.8, 4) is 0 Å². The first-order valence-corrected chi connectivity index (χ1v) is 7.09. The summed E-state index contributed by atoms with van der Waals surface area (Å²) in [6.07, 6.45) is 0.671. The van der Waals surface area contributed by atoms with Crippen LogP contribution in [0.4, 0.5) is 0 Å². The molecule has 0 spiro atoms. The van der Waals surface area contributed by atoms with Crippen LogP contribution in [0.1, 0.15) is 21.5 Å². The van der Waals surface area contributed by atoms with E-state index >= 15 is 0 Å². The number of carbonyl (C=O) groups excluding carboxylic acids is 1. The second-order valence-corrected chi connectivity index (χ2v) is 5.38. The zero-order chi connectivity index (χ0) is 13.8. The van der Waals surface area contributed by atoms with E-state index < -0.39 is 0 Å². The zero-order valence-corrected chi connectivity index (χ0v) is 12.5. The third kappa shape index (κ3) is 3.06. The molecule has 0 saturated heterocycles. The van der Waals surface area contributed by atoms with Crippen LogP contribution in [0.25, 0.3) is 0 Å². The molecule has 0 unspecified atom stereocenters. The second-order valence-electron chi connectivity index (χ2n) is 4.12. The molecule has 0 amide bonds. The SMILES string of the molecule is NCCc1ccccc1C(=O)c1c(Cl)cccc1Br. The van der Waals surface area contributed by atoms with Crippen molar-refractivity contribution in [2.24, 2.45) is 5.73 Å². The maximum absolute atomic E-state index is 12.6. The van der Waals surface area contributed by atoms with Crippen LogP contribution in [-0.2, 0) is 6.42 Å². The molecule has 2 nitrogen and oxygen atoms in total. The van der Waals surface area contributed by atoms with Crippen LogP contribution >= 0.6 is 27.5 Å². The van der Waals surface area contributed by atoms with Crippen molar-refractivity contribution in [3.05, 3.63) is 68.7 Å². The number of rotatable bonds is 4. The number of ketones is 1. The van der Waals surface area contributed by atoms with E-state index in [1.165, 1.54) is 0 Å². The number of nitrogens with two attached hydrogens (primary N) is 1. The van der Waals surface area contributed by atoms with Gasteiger partial charge in [0.2, 0.25) is 0 Å². The van der Waals surface area contributed by atoms with Gasteiger partial charge in [-0.1, -0.05) is 41.9 Å². The smallest absolute Gasteiger partial charge is 0.195 e. The summed E-state index contributed by atoms with van der Waals surface area (Å²) in [6, 6.07) is 12.8. The third-order valence-electron chi connectivity index (χ3n) is 2.87. The summed E-state index contributed by atoms with van der Waals surface area (Å²) in [5.41, 5.74) is 7.68. The lowest BCUT2D eigenvalue weighted by Crippen LogP contribution is -2.10. The maximum atomic E-state index is 12.6. The molecule has 0 bridgehead atoms. The van der Waals surface area contributed by atoms with E-state index in [2.05, 4.69) is 15.9 Å². The van der Waals surface area contributed by atoms with Gasteiger partial charge in [0, 0.05) is 10.0 Å². The van der Waals surface area contributed by atoms with Crippen LogP contribution in [0.5, 0.6) is 0 Å². The molecule has 2 rings (SSSR count). The molecule has 0 radical (unpaired) electrons. The van der Waals surface area contributed by atoms with Crippen LogP contribution in [0.3, 0.4) is 0 Å². The molecule has 2 aromatic carbocycles. The first-order chi connectivity index (χ1) is 9.15. The van der Waals surface area contributed by atoms with Crippen molar-refractivity contribution in [2.75, 3.05) is 6.54 Å². The van der Waals surface area contributed by atoms with E-state index in [4.69, 9.17) is 17.3 Å². The summed E-state index contributed by atoms with van der Waals surface area (Å²) < 4.78 is 0.701. The fraction of sp³-hybridized carbons (Fsp3) is 0.133. The molecule has 0 atom stereocenters. The second kappa shape index (κ2) is 6.33. The normalized spacial score (nSPS) is 10.5. The summed E-state index contributed by atoms with van der Waals surface area (Å²) in [5.74, 6) is -0.0819. The minimum Gasteiger partial charge on any atom is -0.330 e. The minimum absolute atomic E-state index is 0.0819. The first-order valence-electron chi connectivity index (χ1n) is 5.92. The van der Waals surface area contributed by atoms with Gasteiger partial charge in [-0.15, -0.1) is 0 Å². The maximum Gasteiger partial charge on any atom is 0.195 e. The Hall–Kier alpha value is -1.16. The van der Waals surface area contributed by atoms with Gasteiger partial charge in [-0.2, -0.15) is 0 Å². The minimum atomic E-state index is -0.0819. The van der Waals surface area contributed by atoms with E-state index in [1.54, 1.807) is 12.1 Å². The van der Waals surface area contributed by atoms with Crippen molar-refractivity contribution in [2.45, 2.75) is 6.42 Å². The highest BCUT2D eigenvalue weighted by Crippen LogP contribution is 2.28. The van der Waals surface area contributed by atoms with Crippen molar-refractivity contribution in [1.29, 1.82) is 0 Å². The van der Waals surface area contributed by atoms with Gasteiger partial charge in [0.1, 0.15) is 0 Å². The summed E-state index contributed by atoms with van der Waals surface area (Å²) in [7, 11) is 0. The van der Waals surface area contributed by atoms with Crippen molar-refractivity contribution < 1.29 is 4.79 Å². The standard InChI is InChI=1S/C15H13BrClNO/c16-12-6-3-7-13(17)14(12)15(19)11-5-2-1-4-10(11)8-9-18/h1-7H,8-9,18H2. The summed E-state index contributed by atoms with van der Waals surface area (Å²) in [4.78, 5) is 12.6. The number of benzene rings is 2. The van der Waals surface area contributed by atoms with Crippen LogP contribution in [0.2, 0.25) is 5.02 Å². The largest absolute Gasteiger partial charge is 0.330 e. The lowest BCUT2D eigenvalue weighted by Gasteiger charge is -2.10. The highest BCUT2D eigenvalue weighted by atomic mass is 79.9. The van der Waals surface area contributed by atoms with Crippen LogP contribution in [0, 0.1) is 0 Å². The molecule has 0 aliphatic rings.